The van der Waals surface area contributed by atoms with Gasteiger partial charge in [-0.3, -0.25) is 9.59 Å². The van der Waals surface area contributed by atoms with Crippen molar-refractivity contribution in [3.8, 4) is 11.8 Å². The minimum Gasteiger partial charge on any atom is -0.482 e. The van der Waals surface area contributed by atoms with E-state index in [1.165, 1.54) is 0 Å². The summed E-state index contributed by atoms with van der Waals surface area (Å²) in [6.45, 7) is 0.910. The number of amides is 1. The quantitative estimate of drug-likeness (QED) is 0.569. The third kappa shape index (κ3) is 5.97. The Morgan fingerprint density at radius 2 is 1.74 bits per heavy atom. The Morgan fingerprint density at radius 3 is 2.41 bits per heavy atom. The lowest BCUT2D eigenvalue weighted by molar-refractivity contribution is -0.149. The number of benzene rings is 2. The van der Waals surface area contributed by atoms with Crippen LogP contribution in [-0.4, -0.2) is 30.9 Å². The van der Waals surface area contributed by atoms with Crippen LogP contribution in [0.2, 0.25) is 0 Å². The van der Waals surface area contributed by atoms with Crippen LogP contribution in [-0.2, 0) is 14.3 Å². The molecule has 0 aliphatic heterocycles. The third-order valence-electron chi connectivity index (χ3n) is 3.54. The summed E-state index contributed by atoms with van der Waals surface area (Å²) in [4.78, 5) is 35.0. The first-order valence-electron chi connectivity index (χ1n) is 8.24. The Morgan fingerprint density at radius 1 is 1.04 bits per heavy atom. The molecule has 2 rings (SSSR count). The molecule has 1 amide bonds. The lowest BCUT2D eigenvalue weighted by atomic mass is 10.1. The number of Topliss-reactive ketones (excluding diaryl/α,β-unsaturated/α-hetero) is 1. The van der Waals surface area contributed by atoms with E-state index < -0.39 is 18.5 Å². The molecule has 0 atom stereocenters. The number of carbonyl (C=O) groups excluding carboxylic acids is 3. The Hall–Kier alpha value is -3.66. The van der Waals surface area contributed by atoms with Crippen LogP contribution in [0.5, 0.6) is 5.75 Å². The molecule has 0 aliphatic rings. The Bertz CT molecular complexity index is 869. The number of carbonyl (C=O) groups is 3. The fraction of sp³-hybridized carbons (Fsp3) is 0.200. The predicted octanol–water partition coefficient (Wildman–Crippen LogP) is 2.71. The maximum atomic E-state index is 11.8. The van der Waals surface area contributed by atoms with Gasteiger partial charge in [0.1, 0.15) is 11.8 Å². The number of ether oxygens (including phenoxy) is 2. The maximum absolute atomic E-state index is 11.8. The van der Waals surface area contributed by atoms with E-state index in [1.807, 2.05) is 6.07 Å². The van der Waals surface area contributed by atoms with Crippen LogP contribution in [0.4, 0.5) is 5.69 Å². The first kappa shape index (κ1) is 19.7. The molecule has 27 heavy (non-hydrogen) atoms. The van der Waals surface area contributed by atoms with E-state index >= 15 is 0 Å². The van der Waals surface area contributed by atoms with Gasteiger partial charge < -0.3 is 14.8 Å². The largest absolute Gasteiger partial charge is 0.482 e. The van der Waals surface area contributed by atoms with Gasteiger partial charge in [0, 0.05) is 12.0 Å². The molecule has 0 bridgehead atoms. The van der Waals surface area contributed by atoms with Crippen molar-refractivity contribution in [2.45, 2.75) is 13.3 Å². The highest BCUT2D eigenvalue weighted by Gasteiger charge is 2.11. The second-order valence-corrected chi connectivity index (χ2v) is 5.46. The monoisotopic (exact) mass is 366 g/mol. The summed E-state index contributed by atoms with van der Waals surface area (Å²) in [7, 11) is 0. The van der Waals surface area contributed by atoms with Crippen LogP contribution in [0.25, 0.3) is 0 Å². The predicted molar refractivity (Wildman–Crippen MR) is 97.3 cm³/mol. The fourth-order valence-corrected chi connectivity index (χ4v) is 2.15. The number of nitriles is 1. The van der Waals surface area contributed by atoms with E-state index in [0.717, 1.165) is 0 Å². The zero-order chi connectivity index (χ0) is 19.6. The van der Waals surface area contributed by atoms with E-state index in [9.17, 15) is 14.4 Å². The van der Waals surface area contributed by atoms with Gasteiger partial charge in [-0.15, -0.1) is 0 Å². The first-order chi connectivity index (χ1) is 13.0. The molecular weight excluding hydrogens is 348 g/mol. The number of nitrogens with one attached hydrogen (secondary N) is 1. The molecule has 138 valence electrons. The van der Waals surface area contributed by atoms with Gasteiger partial charge >= 0.3 is 5.97 Å². The van der Waals surface area contributed by atoms with Crippen molar-refractivity contribution in [3.63, 3.8) is 0 Å². The molecule has 2 aromatic rings. The maximum Gasteiger partial charge on any atom is 0.344 e. The first-order valence-corrected chi connectivity index (χ1v) is 8.24. The molecule has 0 radical (unpaired) electrons. The molecule has 0 heterocycles. The molecule has 7 nitrogen and oxygen atoms in total. The topological polar surface area (TPSA) is 105 Å². The second kappa shape index (κ2) is 9.73. The van der Waals surface area contributed by atoms with E-state index in [2.05, 4.69) is 5.32 Å². The molecule has 1 N–H and O–H groups in total. The smallest absolute Gasteiger partial charge is 0.344 e. The van der Waals surface area contributed by atoms with Gasteiger partial charge in [-0.1, -0.05) is 19.1 Å². The van der Waals surface area contributed by atoms with Crippen molar-refractivity contribution < 1.29 is 23.9 Å². The fourth-order valence-electron chi connectivity index (χ4n) is 2.15. The van der Waals surface area contributed by atoms with Crippen LogP contribution in [0.15, 0.2) is 48.5 Å². The molecule has 0 aliphatic carbocycles. The normalized spacial score (nSPS) is 9.78. The van der Waals surface area contributed by atoms with Gasteiger partial charge in [0.2, 0.25) is 0 Å². The Balaban J connectivity index is 1.76. The lowest BCUT2D eigenvalue weighted by Gasteiger charge is -2.09. The average Bonchev–Trinajstić information content (AvgIpc) is 2.71. The van der Waals surface area contributed by atoms with Crippen LogP contribution in [0.3, 0.4) is 0 Å². The standard InChI is InChI=1S/C20H18N2O5/c1-2-18(23)14-7-9-16(10-8-14)26-13-20(25)27-12-19(24)22-17-6-4-3-5-15(17)11-21/h3-10H,2,12-13H2,1H3,(H,22,24). The highest BCUT2D eigenvalue weighted by Crippen LogP contribution is 2.14. The van der Waals surface area contributed by atoms with Gasteiger partial charge in [0.05, 0.1) is 11.3 Å². The van der Waals surface area contributed by atoms with Crippen molar-refractivity contribution >= 4 is 23.3 Å². The van der Waals surface area contributed by atoms with Gasteiger partial charge in [-0.25, -0.2) is 4.79 Å². The van der Waals surface area contributed by atoms with E-state index in [0.29, 0.717) is 29.0 Å². The number of nitrogens with zero attached hydrogens (tertiary/aromatic N) is 1. The molecule has 0 aromatic heterocycles. The number of rotatable bonds is 8. The summed E-state index contributed by atoms with van der Waals surface area (Å²) in [5.41, 5.74) is 1.23. The van der Waals surface area contributed by atoms with Crippen LogP contribution in [0, 0.1) is 11.3 Å². The number of hydrogen-bond donors (Lipinski definition) is 1. The van der Waals surface area contributed by atoms with Crippen molar-refractivity contribution in [3.05, 3.63) is 59.7 Å². The second-order valence-electron chi connectivity index (χ2n) is 5.46. The van der Waals surface area contributed by atoms with E-state index in [-0.39, 0.29) is 12.4 Å². The van der Waals surface area contributed by atoms with Gasteiger partial charge in [-0.2, -0.15) is 5.26 Å². The molecule has 0 unspecified atom stereocenters. The SMILES string of the molecule is CCC(=O)c1ccc(OCC(=O)OCC(=O)Nc2ccccc2C#N)cc1. The van der Waals surface area contributed by atoms with Crippen molar-refractivity contribution in [1.82, 2.24) is 0 Å². The van der Waals surface area contributed by atoms with E-state index in [1.54, 1.807) is 55.5 Å². The molecule has 0 spiro atoms. The van der Waals surface area contributed by atoms with Gasteiger partial charge in [0.15, 0.2) is 19.0 Å². The zero-order valence-corrected chi connectivity index (χ0v) is 14.7. The highest BCUT2D eigenvalue weighted by molar-refractivity contribution is 5.96. The third-order valence-corrected chi connectivity index (χ3v) is 3.54. The zero-order valence-electron chi connectivity index (χ0n) is 14.7. The van der Waals surface area contributed by atoms with Gasteiger partial charge in [-0.05, 0) is 36.4 Å². The molecule has 0 saturated heterocycles. The number of para-hydroxylation sites is 1. The summed E-state index contributed by atoms with van der Waals surface area (Å²) in [6, 6.07) is 14.9. The van der Waals surface area contributed by atoms with Crippen molar-refractivity contribution in [2.75, 3.05) is 18.5 Å². The van der Waals surface area contributed by atoms with Crippen molar-refractivity contribution in [2.24, 2.45) is 0 Å². The number of esters is 1. The minimum atomic E-state index is -0.715. The molecule has 2 aromatic carbocycles. The summed E-state index contributed by atoms with van der Waals surface area (Å²) in [6.07, 6.45) is 0.410. The highest BCUT2D eigenvalue weighted by atomic mass is 16.6. The molecule has 0 saturated carbocycles. The molecule has 0 fully saturated rings. The van der Waals surface area contributed by atoms with E-state index in [4.69, 9.17) is 14.7 Å². The van der Waals surface area contributed by atoms with Crippen LogP contribution >= 0.6 is 0 Å². The van der Waals surface area contributed by atoms with Crippen LogP contribution in [0.1, 0.15) is 29.3 Å². The summed E-state index contributed by atoms with van der Waals surface area (Å²) >= 11 is 0. The summed E-state index contributed by atoms with van der Waals surface area (Å²) < 4.78 is 10.1. The minimum absolute atomic E-state index is 0.0185. The Labute approximate surface area is 156 Å². The number of anilines is 1. The van der Waals surface area contributed by atoms with Gasteiger partial charge in [0.25, 0.3) is 5.91 Å². The summed E-state index contributed by atoms with van der Waals surface area (Å²) in [5.74, 6) is -0.849. The molecular formula is C20H18N2O5. The van der Waals surface area contributed by atoms with Crippen molar-refractivity contribution in [1.29, 1.82) is 5.26 Å². The number of ketones is 1. The lowest BCUT2D eigenvalue weighted by Crippen LogP contribution is -2.24. The molecule has 7 heteroatoms. The van der Waals surface area contributed by atoms with Crippen LogP contribution < -0.4 is 10.1 Å². The Kier molecular flexibility index (Phi) is 7.08. The average molecular weight is 366 g/mol. The summed E-state index contributed by atoms with van der Waals surface area (Å²) in [5, 5.41) is 11.5. The number of hydrogen-bond acceptors (Lipinski definition) is 6.